The second-order valence-electron chi connectivity index (χ2n) is 2.63. The molecule has 6 heteroatoms. The van der Waals surface area contributed by atoms with Gasteiger partial charge in [0.25, 0.3) is 0 Å². The number of ether oxygens (including phenoxy) is 1. The van der Waals surface area contributed by atoms with Crippen molar-refractivity contribution in [2.45, 2.75) is 0 Å². The fourth-order valence-electron chi connectivity index (χ4n) is 1.03. The average Bonchev–Trinajstić information content (AvgIpc) is 2.27. The molecule has 0 bridgehead atoms. The molecule has 15 heavy (non-hydrogen) atoms. The minimum absolute atomic E-state index is 0.0418. The molecule has 0 aliphatic carbocycles. The monoisotopic (exact) mass is 228 g/mol. The lowest BCUT2D eigenvalue weighted by Crippen LogP contribution is -2.04. The fraction of sp³-hybridized carbons (Fsp3) is 0.111. The van der Waals surface area contributed by atoms with E-state index in [4.69, 9.17) is 9.63 Å². The summed E-state index contributed by atoms with van der Waals surface area (Å²) < 4.78 is 9.32. The molecule has 1 aromatic carbocycles. The number of rotatable bonds is 3. The normalized spacial score (nSPS) is 9.47. The number of carbonyl (C=O) groups excluding carboxylic acids is 1. The zero-order valence-corrected chi connectivity index (χ0v) is 9.04. The predicted molar refractivity (Wildman–Crippen MR) is 55.1 cm³/mol. The summed E-state index contributed by atoms with van der Waals surface area (Å²) >= 11 is 0. The molecule has 0 saturated carbocycles. The molecule has 1 aromatic rings. The number of carboxylic acid groups (broad SMARTS) is 1. The van der Waals surface area contributed by atoms with Crippen LogP contribution in [0, 0.1) is 0 Å². The molecule has 0 amide bonds. The van der Waals surface area contributed by atoms with Gasteiger partial charge < -0.3 is 14.4 Å². The van der Waals surface area contributed by atoms with Crippen molar-refractivity contribution in [1.29, 1.82) is 0 Å². The van der Waals surface area contributed by atoms with E-state index in [1.807, 2.05) is 9.47 Å². The number of hydrogen-bond acceptors (Lipinski definition) is 4. The van der Waals surface area contributed by atoms with E-state index in [0.717, 1.165) is 0 Å². The standard InChI is InChI=1S/C9H9O5P/c1-13-9(12)6-3-2-5(8(10)11)4-7(6)14-15/h2-4H,15H2,1H3,(H,10,11). The van der Waals surface area contributed by atoms with Gasteiger partial charge in [-0.05, 0) is 18.2 Å². The van der Waals surface area contributed by atoms with Gasteiger partial charge in [-0.15, -0.1) is 0 Å². The van der Waals surface area contributed by atoms with Gasteiger partial charge in [0.05, 0.1) is 22.1 Å². The summed E-state index contributed by atoms with van der Waals surface area (Å²) in [6.45, 7) is 0. The lowest BCUT2D eigenvalue weighted by molar-refractivity contribution is 0.0596. The Morgan fingerprint density at radius 2 is 2.07 bits per heavy atom. The van der Waals surface area contributed by atoms with Gasteiger partial charge >= 0.3 is 11.9 Å². The maximum absolute atomic E-state index is 11.2. The predicted octanol–water partition coefficient (Wildman–Crippen LogP) is 1.34. The van der Waals surface area contributed by atoms with Crippen LogP contribution in [-0.4, -0.2) is 24.2 Å². The first kappa shape index (κ1) is 11.5. The van der Waals surface area contributed by atoms with Crippen LogP contribution in [-0.2, 0) is 4.74 Å². The Kier molecular flexibility index (Phi) is 3.63. The van der Waals surface area contributed by atoms with Crippen LogP contribution in [0.25, 0.3) is 0 Å². The van der Waals surface area contributed by atoms with Gasteiger partial charge in [0.1, 0.15) is 11.3 Å². The van der Waals surface area contributed by atoms with Crippen LogP contribution in [0.15, 0.2) is 18.2 Å². The van der Waals surface area contributed by atoms with Gasteiger partial charge in [-0.2, -0.15) is 0 Å². The molecule has 5 nitrogen and oxygen atoms in total. The van der Waals surface area contributed by atoms with E-state index in [2.05, 4.69) is 4.74 Å². The summed E-state index contributed by atoms with van der Waals surface area (Å²) in [5.74, 6) is -1.52. The number of hydrogen-bond donors (Lipinski definition) is 1. The Morgan fingerprint density at radius 3 is 2.53 bits per heavy atom. The number of esters is 1. The third-order valence-electron chi connectivity index (χ3n) is 1.76. The number of carboxylic acids is 1. The number of benzene rings is 1. The molecule has 0 fully saturated rings. The zero-order chi connectivity index (χ0) is 11.4. The van der Waals surface area contributed by atoms with Crippen LogP contribution in [0.4, 0.5) is 0 Å². The van der Waals surface area contributed by atoms with Crippen molar-refractivity contribution in [2.24, 2.45) is 0 Å². The quantitative estimate of drug-likeness (QED) is 0.624. The van der Waals surface area contributed by atoms with Crippen LogP contribution < -0.4 is 4.52 Å². The molecule has 0 aliphatic heterocycles. The van der Waals surface area contributed by atoms with E-state index >= 15 is 0 Å². The summed E-state index contributed by atoms with van der Waals surface area (Å²) in [7, 11) is 3.18. The van der Waals surface area contributed by atoms with E-state index in [0.29, 0.717) is 0 Å². The Morgan fingerprint density at radius 1 is 1.40 bits per heavy atom. The second kappa shape index (κ2) is 4.75. The fourth-order valence-corrected chi connectivity index (χ4v) is 1.23. The van der Waals surface area contributed by atoms with Crippen LogP contribution in [0.5, 0.6) is 5.75 Å². The van der Waals surface area contributed by atoms with Crippen molar-refractivity contribution >= 4 is 21.4 Å². The van der Waals surface area contributed by atoms with Gasteiger partial charge in [-0.1, -0.05) is 0 Å². The molecule has 1 atom stereocenters. The highest BCUT2D eigenvalue weighted by atomic mass is 31.0. The summed E-state index contributed by atoms with van der Waals surface area (Å²) in [6, 6.07) is 3.90. The molecular weight excluding hydrogens is 219 g/mol. The van der Waals surface area contributed by atoms with E-state index in [-0.39, 0.29) is 16.9 Å². The molecule has 1 unspecified atom stereocenters. The van der Waals surface area contributed by atoms with Gasteiger partial charge in [-0.25, -0.2) is 9.59 Å². The molecule has 0 heterocycles. The zero-order valence-electron chi connectivity index (χ0n) is 7.89. The number of carbonyl (C=O) groups is 2. The first-order valence-electron chi connectivity index (χ1n) is 3.92. The van der Waals surface area contributed by atoms with Crippen LogP contribution in [0.3, 0.4) is 0 Å². The molecule has 0 aromatic heterocycles. The van der Waals surface area contributed by atoms with E-state index in [1.165, 1.54) is 25.3 Å². The number of aromatic carboxylic acids is 1. The average molecular weight is 228 g/mol. The first-order chi connectivity index (χ1) is 7.10. The third-order valence-corrected chi connectivity index (χ3v) is 2.01. The van der Waals surface area contributed by atoms with Gasteiger partial charge in [0.2, 0.25) is 0 Å². The Bertz CT molecular complexity index is 401. The van der Waals surface area contributed by atoms with Gasteiger partial charge in [-0.3, -0.25) is 0 Å². The van der Waals surface area contributed by atoms with E-state index < -0.39 is 11.9 Å². The van der Waals surface area contributed by atoms with Crippen LogP contribution in [0.2, 0.25) is 0 Å². The second-order valence-corrected chi connectivity index (χ2v) is 2.86. The molecular formula is C9H9O5P. The van der Waals surface area contributed by atoms with E-state index in [9.17, 15) is 9.59 Å². The summed E-state index contributed by atoms with van der Waals surface area (Å²) in [4.78, 5) is 21.9. The lowest BCUT2D eigenvalue weighted by Gasteiger charge is -2.06. The topological polar surface area (TPSA) is 72.8 Å². The van der Waals surface area contributed by atoms with E-state index in [1.54, 1.807) is 0 Å². The minimum atomic E-state index is -1.09. The maximum atomic E-state index is 11.2. The molecule has 0 saturated heterocycles. The van der Waals surface area contributed by atoms with Gasteiger partial charge in [0, 0.05) is 0 Å². The molecule has 0 radical (unpaired) electrons. The highest BCUT2D eigenvalue weighted by Gasteiger charge is 2.14. The molecule has 0 aliphatic rings. The SMILES string of the molecule is COC(=O)c1ccc(C(=O)O)cc1OP. The van der Waals surface area contributed by atoms with Crippen molar-refractivity contribution in [1.82, 2.24) is 0 Å². The molecule has 80 valence electrons. The summed E-state index contributed by atoms with van der Waals surface area (Å²) in [5.41, 5.74) is 0.220. The van der Waals surface area contributed by atoms with Crippen molar-refractivity contribution in [3.63, 3.8) is 0 Å². The number of methoxy groups -OCH3 is 1. The lowest BCUT2D eigenvalue weighted by atomic mass is 10.1. The third kappa shape index (κ3) is 2.44. The van der Waals surface area contributed by atoms with Crippen molar-refractivity contribution in [3.05, 3.63) is 29.3 Å². The maximum Gasteiger partial charge on any atom is 0.341 e. The minimum Gasteiger partial charge on any atom is -0.479 e. The Balaban J connectivity index is 3.20. The van der Waals surface area contributed by atoms with Crippen LogP contribution in [0.1, 0.15) is 20.7 Å². The molecule has 1 rings (SSSR count). The highest BCUT2D eigenvalue weighted by molar-refractivity contribution is 7.10. The molecule has 0 spiro atoms. The summed E-state index contributed by atoms with van der Waals surface area (Å²) in [5, 5.41) is 8.71. The van der Waals surface area contributed by atoms with Gasteiger partial charge in [0.15, 0.2) is 0 Å². The van der Waals surface area contributed by atoms with Crippen molar-refractivity contribution in [2.75, 3.05) is 7.11 Å². The molecule has 1 N–H and O–H groups in total. The largest absolute Gasteiger partial charge is 0.479 e. The van der Waals surface area contributed by atoms with Crippen molar-refractivity contribution < 1.29 is 24.0 Å². The highest BCUT2D eigenvalue weighted by Crippen LogP contribution is 2.23. The van der Waals surface area contributed by atoms with Crippen molar-refractivity contribution in [3.8, 4) is 5.75 Å². The Hall–Kier alpha value is -1.61. The first-order valence-corrected chi connectivity index (χ1v) is 4.39. The summed E-state index contributed by atoms with van der Waals surface area (Å²) in [6.07, 6.45) is 0. The Labute approximate surface area is 88.3 Å². The smallest absolute Gasteiger partial charge is 0.341 e. The van der Waals surface area contributed by atoms with Crippen LogP contribution >= 0.6 is 9.47 Å².